The van der Waals surface area contributed by atoms with Crippen LogP contribution in [0.2, 0.25) is 0 Å². The lowest BCUT2D eigenvalue weighted by molar-refractivity contribution is -0.384. The van der Waals surface area contributed by atoms with E-state index in [1.54, 1.807) is 0 Å². The summed E-state index contributed by atoms with van der Waals surface area (Å²) in [4.78, 5) is 12.6. The van der Waals surface area contributed by atoms with E-state index < -0.39 is 29.4 Å². The van der Waals surface area contributed by atoms with Gasteiger partial charge in [-0.1, -0.05) is 5.11 Å². The third kappa shape index (κ3) is 3.26. The average Bonchev–Trinajstić information content (AvgIpc) is 2.43. The molecule has 0 amide bonds. The van der Waals surface area contributed by atoms with E-state index in [1.807, 2.05) is 0 Å². The maximum atomic E-state index is 10.9. The number of aliphatic hydroxyl groups is 2. The van der Waals surface area contributed by atoms with Gasteiger partial charge in [-0.3, -0.25) is 10.1 Å². The molecule has 0 spiro atoms. The average molecular weight is 283 g/mol. The van der Waals surface area contributed by atoms with Crippen molar-refractivity contribution >= 4 is 11.4 Å². The van der Waals surface area contributed by atoms with Crippen molar-refractivity contribution in [3.63, 3.8) is 0 Å². The lowest BCUT2D eigenvalue weighted by atomic mass is 10.0. The Kier molecular flexibility index (Phi) is 5.09. The van der Waals surface area contributed by atoms with E-state index in [0.717, 1.165) is 6.07 Å². The van der Waals surface area contributed by atoms with Crippen LogP contribution in [0.5, 0.6) is 5.75 Å². The van der Waals surface area contributed by atoms with Gasteiger partial charge in [0, 0.05) is 10.5 Å². The van der Waals surface area contributed by atoms with Gasteiger partial charge < -0.3 is 20.7 Å². The van der Waals surface area contributed by atoms with Crippen LogP contribution in [0.1, 0.15) is 11.7 Å². The number of benzene rings is 1. The number of nitrogens with two attached hydrogens (primary N) is 1. The van der Waals surface area contributed by atoms with Crippen LogP contribution in [0.25, 0.3) is 10.4 Å². The van der Waals surface area contributed by atoms with Gasteiger partial charge in [0.15, 0.2) is 0 Å². The molecule has 10 heteroatoms. The number of nitro benzene ring substituents is 1. The van der Waals surface area contributed by atoms with E-state index >= 15 is 0 Å². The maximum absolute atomic E-state index is 10.9. The van der Waals surface area contributed by atoms with Crippen LogP contribution in [0.15, 0.2) is 17.2 Å². The molecule has 10 nitrogen and oxygen atoms in total. The number of methoxy groups -OCH3 is 1. The Morgan fingerprint density at radius 3 is 2.75 bits per heavy atom. The van der Waals surface area contributed by atoms with Gasteiger partial charge in [0.25, 0.3) is 5.69 Å². The topological polar surface area (TPSA) is 168 Å². The fourth-order valence-corrected chi connectivity index (χ4v) is 1.57. The van der Waals surface area contributed by atoms with Crippen molar-refractivity contribution in [2.24, 2.45) is 5.11 Å². The van der Waals surface area contributed by atoms with Crippen molar-refractivity contribution in [1.82, 2.24) is 0 Å². The third-order valence-corrected chi connectivity index (χ3v) is 2.61. The minimum atomic E-state index is -1.55. The van der Waals surface area contributed by atoms with Gasteiger partial charge in [-0.05, 0) is 11.6 Å². The lowest BCUT2D eigenvalue weighted by Gasteiger charge is -2.18. The zero-order valence-corrected chi connectivity index (χ0v) is 10.5. The second-order valence-corrected chi connectivity index (χ2v) is 3.83. The largest absolute Gasteiger partial charge is 0.496 e. The summed E-state index contributed by atoms with van der Waals surface area (Å²) in [7, 11) is 1.29. The standard InChI is InChI=1S/C10H13N5O5/c1-20-5-2-6(9(11)7(3-5)15(18)19)10(17)8(16)4-13-14-12/h2-3,8,10,16-17H,4,11H2,1H3. The first-order valence-corrected chi connectivity index (χ1v) is 5.41. The molecule has 0 saturated carbocycles. The Balaban J connectivity index is 3.25. The highest BCUT2D eigenvalue weighted by atomic mass is 16.6. The number of nitro groups is 1. The van der Waals surface area contributed by atoms with Gasteiger partial charge in [-0.25, -0.2) is 0 Å². The molecule has 0 bridgehead atoms. The molecule has 1 aromatic carbocycles. The zero-order chi connectivity index (χ0) is 15.3. The SMILES string of the molecule is COc1cc(C(O)C(O)CN=[N+]=[N-])c(N)c([N+](=O)[O-])c1. The van der Waals surface area contributed by atoms with E-state index in [-0.39, 0.29) is 17.0 Å². The van der Waals surface area contributed by atoms with Crippen molar-refractivity contribution < 1.29 is 19.9 Å². The summed E-state index contributed by atoms with van der Waals surface area (Å²) in [6.07, 6.45) is -2.99. The number of nitrogens with zero attached hydrogens (tertiary/aromatic N) is 4. The number of hydrogen-bond donors (Lipinski definition) is 3. The van der Waals surface area contributed by atoms with Crippen molar-refractivity contribution in [2.45, 2.75) is 12.2 Å². The Bertz CT molecular complexity index is 557. The van der Waals surface area contributed by atoms with E-state index in [0.29, 0.717) is 0 Å². The van der Waals surface area contributed by atoms with Gasteiger partial charge in [-0.2, -0.15) is 0 Å². The van der Waals surface area contributed by atoms with E-state index in [4.69, 9.17) is 16.0 Å². The molecule has 0 fully saturated rings. The molecule has 0 aliphatic carbocycles. The normalized spacial score (nSPS) is 13.2. The first kappa shape index (κ1) is 15.5. The van der Waals surface area contributed by atoms with Crippen LogP contribution >= 0.6 is 0 Å². The molecule has 1 rings (SSSR count). The van der Waals surface area contributed by atoms with Gasteiger partial charge in [0.1, 0.15) is 17.5 Å². The molecule has 20 heavy (non-hydrogen) atoms. The Morgan fingerprint density at radius 1 is 1.60 bits per heavy atom. The van der Waals surface area contributed by atoms with Crippen molar-refractivity contribution in [1.29, 1.82) is 0 Å². The predicted octanol–water partition coefficient (Wildman–Crippen LogP) is 0.890. The summed E-state index contributed by atoms with van der Waals surface area (Å²) < 4.78 is 4.88. The fourth-order valence-electron chi connectivity index (χ4n) is 1.57. The van der Waals surface area contributed by atoms with Crippen molar-refractivity contribution in [3.8, 4) is 5.75 Å². The Hall–Kier alpha value is -2.55. The second-order valence-electron chi connectivity index (χ2n) is 3.83. The predicted molar refractivity (Wildman–Crippen MR) is 69.0 cm³/mol. The first-order valence-electron chi connectivity index (χ1n) is 5.41. The van der Waals surface area contributed by atoms with E-state index in [9.17, 15) is 20.3 Å². The molecule has 1 aromatic rings. The molecule has 4 N–H and O–H groups in total. The molecular formula is C10H13N5O5. The van der Waals surface area contributed by atoms with Gasteiger partial charge >= 0.3 is 0 Å². The highest BCUT2D eigenvalue weighted by molar-refractivity contribution is 5.66. The molecule has 0 radical (unpaired) electrons. The summed E-state index contributed by atoms with van der Waals surface area (Å²) in [5.41, 5.74) is 12.9. The molecule has 108 valence electrons. The highest BCUT2D eigenvalue weighted by Crippen LogP contribution is 2.35. The third-order valence-electron chi connectivity index (χ3n) is 2.61. The van der Waals surface area contributed by atoms with Gasteiger partial charge in [-0.15, -0.1) is 0 Å². The number of azide groups is 1. The Labute approximate surface area is 113 Å². The van der Waals surface area contributed by atoms with Crippen LogP contribution < -0.4 is 10.5 Å². The summed E-state index contributed by atoms with van der Waals surface area (Å²) in [6, 6.07) is 2.37. The number of hydrogen-bond acceptors (Lipinski definition) is 7. The monoisotopic (exact) mass is 283 g/mol. The quantitative estimate of drug-likeness (QED) is 0.175. The van der Waals surface area contributed by atoms with Crippen LogP contribution in [-0.2, 0) is 0 Å². The van der Waals surface area contributed by atoms with Crippen LogP contribution in [0.4, 0.5) is 11.4 Å². The molecular weight excluding hydrogens is 270 g/mol. The van der Waals surface area contributed by atoms with E-state index in [1.165, 1.54) is 13.2 Å². The van der Waals surface area contributed by atoms with Gasteiger partial charge in [0.05, 0.1) is 30.7 Å². The van der Waals surface area contributed by atoms with Crippen LogP contribution in [-0.4, -0.2) is 34.9 Å². The molecule has 0 aliphatic heterocycles. The van der Waals surface area contributed by atoms with E-state index in [2.05, 4.69) is 10.0 Å². The summed E-state index contributed by atoms with van der Waals surface area (Å²) >= 11 is 0. The molecule has 0 aromatic heterocycles. The number of aliphatic hydroxyl groups excluding tert-OH is 2. The number of ether oxygens (including phenoxy) is 1. The molecule has 0 aliphatic rings. The van der Waals surface area contributed by atoms with Crippen molar-refractivity contribution in [3.05, 3.63) is 38.3 Å². The minimum absolute atomic E-state index is 0.0725. The zero-order valence-electron chi connectivity index (χ0n) is 10.5. The molecule has 0 saturated heterocycles. The molecule has 2 atom stereocenters. The Morgan fingerprint density at radius 2 is 2.25 bits per heavy atom. The summed E-state index contributed by atoms with van der Waals surface area (Å²) in [5.74, 6) is 0.107. The number of nitrogen functional groups attached to an aromatic ring is 1. The van der Waals surface area contributed by atoms with Crippen LogP contribution in [0.3, 0.4) is 0 Å². The van der Waals surface area contributed by atoms with Crippen molar-refractivity contribution in [2.75, 3.05) is 19.4 Å². The second kappa shape index (κ2) is 6.57. The minimum Gasteiger partial charge on any atom is -0.496 e. The summed E-state index contributed by atoms with van der Waals surface area (Å²) in [5, 5.41) is 33.5. The number of anilines is 1. The van der Waals surface area contributed by atoms with Crippen LogP contribution in [0, 0.1) is 10.1 Å². The smallest absolute Gasteiger partial charge is 0.296 e. The number of rotatable bonds is 6. The highest BCUT2D eigenvalue weighted by Gasteiger charge is 2.26. The molecule has 2 unspecified atom stereocenters. The van der Waals surface area contributed by atoms with Gasteiger partial charge in [0.2, 0.25) is 0 Å². The maximum Gasteiger partial charge on any atom is 0.296 e. The molecule has 0 heterocycles. The first-order chi connectivity index (χ1) is 9.42. The summed E-state index contributed by atoms with van der Waals surface area (Å²) in [6.45, 7) is -0.401. The fraction of sp³-hybridized carbons (Fsp3) is 0.400. The lowest BCUT2D eigenvalue weighted by Crippen LogP contribution is -2.22.